The average Bonchev–Trinajstić information content (AvgIpc) is 3.28. The Morgan fingerprint density at radius 2 is 1.77 bits per heavy atom. The fraction of sp³-hybridized carbons (Fsp3) is 0.280. The molecule has 0 spiro atoms. The van der Waals surface area contributed by atoms with Gasteiger partial charge in [-0.15, -0.1) is 0 Å². The summed E-state index contributed by atoms with van der Waals surface area (Å²) < 4.78 is 10.6. The number of furan rings is 1. The van der Waals surface area contributed by atoms with Gasteiger partial charge in [-0.25, -0.2) is 0 Å². The number of aryl methyl sites for hydroxylation is 1. The lowest BCUT2D eigenvalue weighted by Crippen LogP contribution is -2.30. The van der Waals surface area contributed by atoms with Crippen LogP contribution < -0.4 is 15.4 Å². The Bertz CT molecular complexity index is 1040. The second kappa shape index (κ2) is 9.51. The molecule has 0 radical (unpaired) electrons. The number of hydrogen-bond acceptors (Lipinski definition) is 4. The van der Waals surface area contributed by atoms with Crippen LogP contribution in [0.15, 0.2) is 65.3 Å². The van der Waals surface area contributed by atoms with Crippen LogP contribution in [0.1, 0.15) is 51.7 Å². The third kappa shape index (κ3) is 5.15. The van der Waals surface area contributed by atoms with Gasteiger partial charge in [0.1, 0.15) is 11.5 Å². The molecule has 1 atom stereocenters. The highest BCUT2D eigenvalue weighted by Crippen LogP contribution is 2.30. The van der Waals surface area contributed by atoms with Crippen LogP contribution in [0.3, 0.4) is 0 Å². The highest BCUT2D eigenvalue weighted by molar-refractivity contribution is 5.94. The van der Waals surface area contributed by atoms with E-state index in [1.54, 1.807) is 25.5 Å². The van der Waals surface area contributed by atoms with E-state index in [2.05, 4.69) is 10.6 Å². The van der Waals surface area contributed by atoms with Crippen molar-refractivity contribution in [2.24, 2.45) is 0 Å². The van der Waals surface area contributed by atoms with Gasteiger partial charge in [0.2, 0.25) is 5.91 Å². The molecule has 3 aromatic rings. The van der Waals surface area contributed by atoms with Gasteiger partial charge in [-0.1, -0.05) is 24.3 Å². The molecule has 1 aliphatic rings. The fourth-order valence-electron chi connectivity index (χ4n) is 3.84. The maximum atomic E-state index is 12.7. The summed E-state index contributed by atoms with van der Waals surface area (Å²) in [6.45, 7) is 0.415. The van der Waals surface area contributed by atoms with Crippen molar-refractivity contribution in [1.82, 2.24) is 10.6 Å². The SMILES string of the molecule is COc1ccc(CC(=O)NCc2ccc(C(=O)NC3CCCc4occc43)cc2)cc1. The lowest BCUT2D eigenvalue weighted by Gasteiger charge is -2.22. The lowest BCUT2D eigenvalue weighted by atomic mass is 9.93. The predicted molar refractivity (Wildman–Crippen MR) is 117 cm³/mol. The minimum atomic E-state index is -0.103. The first-order valence-corrected chi connectivity index (χ1v) is 10.5. The second-order valence-electron chi connectivity index (χ2n) is 7.72. The molecule has 1 aromatic heterocycles. The largest absolute Gasteiger partial charge is 0.497 e. The molecule has 0 saturated heterocycles. The van der Waals surface area contributed by atoms with Crippen molar-refractivity contribution in [2.75, 3.05) is 7.11 Å². The van der Waals surface area contributed by atoms with E-state index >= 15 is 0 Å². The Hall–Kier alpha value is -3.54. The molecule has 0 fully saturated rings. The number of hydrogen-bond donors (Lipinski definition) is 2. The zero-order valence-corrected chi connectivity index (χ0v) is 17.5. The minimum absolute atomic E-state index is 0.00748. The molecule has 160 valence electrons. The van der Waals surface area contributed by atoms with Crippen molar-refractivity contribution in [1.29, 1.82) is 0 Å². The molecule has 0 aliphatic heterocycles. The number of benzene rings is 2. The van der Waals surface area contributed by atoms with E-state index < -0.39 is 0 Å². The van der Waals surface area contributed by atoms with Crippen LogP contribution in [-0.2, 0) is 24.2 Å². The highest BCUT2D eigenvalue weighted by atomic mass is 16.5. The first-order chi connectivity index (χ1) is 15.1. The number of carbonyl (C=O) groups is 2. The Balaban J connectivity index is 1.28. The van der Waals surface area contributed by atoms with Crippen molar-refractivity contribution in [2.45, 2.75) is 38.3 Å². The summed E-state index contributed by atoms with van der Waals surface area (Å²) in [6.07, 6.45) is 4.83. The van der Waals surface area contributed by atoms with E-state index in [4.69, 9.17) is 9.15 Å². The number of nitrogens with one attached hydrogen (secondary N) is 2. The van der Waals surface area contributed by atoms with Crippen LogP contribution in [0.25, 0.3) is 0 Å². The van der Waals surface area contributed by atoms with Gasteiger partial charge in [-0.05, 0) is 54.3 Å². The molecule has 31 heavy (non-hydrogen) atoms. The summed E-state index contributed by atoms with van der Waals surface area (Å²) in [6, 6.07) is 16.7. The number of rotatable bonds is 7. The van der Waals surface area contributed by atoms with Crippen LogP contribution in [0, 0.1) is 0 Å². The molecule has 2 N–H and O–H groups in total. The molecule has 0 saturated carbocycles. The van der Waals surface area contributed by atoms with E-state index in [-0.39, 0.29) is 17.9 Å². The standard InChI is InChI=1S/C25H26N2O4/c1-30-20-11-7-17(8-12-20)15-24(28)26-16-18-5-9-19(10-6-18)25(29)27-22-3-2-4-23-21(22)13-14-31-23/h5-14,22H,2-4,15-16H2,1H3,(H,26,28)(H,27,29). The number of amides is 2. The van der Waals surface area contributed by atoms with Gasteiger partial charge in [-0.2, -0.15) is 0 Å². The van der Waals surface area contributed by atoms with E-state index in [1.165, 1.54) is 0 Å². The van der Waals surface area contributed by atoms with Crippen molar-refractivity contribution < 1.29 is 18.7 Å². The number of carbonyl (C=O) groups excluding carboxylic acids is 2. The normalized spacial score (nSPS) is 15.1. The summed E-state index contributed by atoms with van der Waals surface area (Å²) in [7, 11) is 1.61. The Labute approximate surface area is 181 Å². The molecule has 4 rings (SSSR count). The predicted octanol–water partition coefficient (Wildman–Crippen LogP) is 3.95. The van der Waals surface area contributed by atoms with Gasteiger partial charge in [0, 0.05) is 24.1 Å². The van der Waals surface area contributed by atoms with Gasteiger partial charge in [-0.3, -0.25) is 9.59 Å². The smallest absolute Gasteiger partial charge is 0.251 e. The van der Waals surface area contributed by atoms with Crippen LogP contribution in [-0.4, -0.2) is 18.9 Å². The first-order valence-electron chi connectivity index (χ1n) is 10.5. The van der Waals surface area contributed by atoms with Crippen LogP contribution in [0.4, 0.5) is 0 Å². The highest BCUT2D eigenvalue weighted by Gasteiger charge is 2.24. The molecule has 2 amide bonds. The molecular formula is C25H26N2O4. The first kappa shape index (κ1) is 20.7. The molecule has 6 heteroatoms. The fourth-order valence-corrected chi connectivity index (χ4v) is 3.84. The summed E-state index contributed by atoms with van der Waals surface area (Å²) in [5.74, 6) is 1.58. The lowest BCUT2D eigenvalue weighted by molar-refractivity contribution is -0.120. The van der Waals surface area contributed by atoms with E-state index in [0.717, 1.165) is 47.5 Å². The van der Waals surface area contributed by atoms with Gasteiger partial charge in [0.25, 0.3) is 5.91 Å². The maximum absolute atomic E-state index is 12.7. The molecule has 1 heterocycles. The van der Waals surface area contributed by atoms with E-state index in [0.29, 0.717) is 18.5 Å². The van der Waals surface area contributed by atoms with Gasteiger partial charge < -0.3 is 19.8 Å². The third-order valence-electron chi connectivity index (χ3n) is 5.59. The number of methoxy groups -OCH3 is 1. The molecule has 1 aliphatic carbocycles. The van der Waals surface area contributed by atoms with Crippen molar-refractivity contribution in [3.63, 3.8) is 0 Å². The van der Waals surface area contributed by atoms with Gasteiger partial charge in [0.05, 0.1) is 25.8 Å². The molecule has 1 unspecified atom stereocenters. The Morgan fingerprint density at radius 1 is 1.03 bits per heavy atom. The average molecular weight is 418 g/mol. The van der Waals surface area contributed by atoms with Gasteiger partial charge >= 0.3 is 0 Å². The van der Waals surface area contributed by atoms with Crippen molar-refractivity contribution in [3.05, 3.63) is 88.9 Å². The van der Waals surface area contributed by atoms with Crippen molar-refractivity contribution in [3.8, 4) is 5.75 Å². The maximum Gasteiger partial charge on any atom is 0.251 e. The second-order valence-corrected chi connectivity index (χ2v) is 7.72. The molecule has 0 bridgehead atoms. The van der Waals surface area contributed by atoms with E-state index in [1.807, 2.05) is 42.5 Å². The monoisotopic (exact) mass is 418 g/mol. The topological polar surface area (TPSA) is 80.6 Å². The molecular weight excluding hydrogens is 392 g/mol. The summed E-state index contributed by atoms with van der Waals surface area (Å²) in [5.41, 5.74) is 3.54. The zero-order chi connectivity index (χ0) is 21.6. The van der Waals surface area contributed by atoms with Crippen molar-refractivity contribution >= 4 is 11.8 Å². The third-order valence-corrected chi connectivity index (χ3v) is 5.59. The number of ether oxygens (including phenoxy) is 1. The molecule has 2 aromatic carbocycles. The van der Waals surface area contributed by atoms with Crippen LogP contribution in [0.5, 0.6) is 5.75 Å². The summed E-state index contributed by atoms with van der Waals surface area (Å²) >= 11 is 0. The summed E-state index contributed by atoms with van der Waals surface area (Å²) in [4.78, 5) is 24.9. The van der Waals surface area contributed by atoms with Crippen LogP contribution in [0.2, 0.25) is 0 Å². The van der Waals surface area contributed by atoms with Crippen LogP contribution >= 0.6 is 0 Å². The Kier molecular flexibility index (Phi) is 6.36. The Morgan fingerprint density at radius 3 is 2.52 bits per heavy atom. The van der Waals surface area contributed by atoms with E-state index in [9.17, 15) is 9.59 Å². The zero-order valence-electron chi connectivity index (χ0n) is 17.5. The minimum Gasteiger partial charge on any atom is -0.497 e. The number of fused-ring (bicyclic) bond motifs is 1. The summed E-state index contributed by atoms with van der Waals surface area (Å²) in [5, 5.41) is 6.02. The van der Waals surface area contributed by atoms with Gasteiger partial charge in [0.15, 0.2) is 0 Å². The quantitative estimate of drug-likeness (QED) is 0.609. The molecule has 6 nitrogen and oxygen atoms in total.